The van der Waals surface area contributed by atoms with Crippen LogP contribution in [0.2, 0.25) is 0 Å². The van der Waals surface area contributed by atoms with Gasteiger partial charge in [-0.05, 0) is 50.1 Å². The van der Waals surface area contributed by atoms with Crippen molar-refractivity contribution in [3.63, 3.8) is 0 Å². The fourth-order valence-electron chi connectivity index (χ4n) is 3.27. The SMILES string of the molecule is Cc1nc([C@@H]2CCCN2C(=O)c2cccc(Oc3ccccc3)c2)n[nH]1. The van der Waals surface area contributed by atoms with Crippen molar-refractivity contribution in [2.75, 3.05) is 6.54 Å². The minimum atomic E-state index is -0.0776. The van der Waals surface area contributed by atoms with Crippen LogP contribution < -0.4 is 4.74 Å². The number of para-hydroxylation sites is 1. The summed E-state index contributed by atoms with van der Waals surface area (Å²) in [5, 5.41) is 7.10. The van der Waals surface area contributed by atoms with E-state index in [1.807, 2.05) is 60.4 Å². The van der Waals surface area contributed by atoms with Gasteiger partial charge in [-0.25, -0.2) is 4.98 Å². The predicted molar refractivity (Wildman–Crippen MR) is 97.1 cm³/mol. The highest BCUT2D eigenvalue weighted by molar-refractivity contribution is 5.95. The summed E-state index contributed by atoms with van der Waals surface area (Å²) in [6.45, 7) is 2.57. The van der Waals surface area contributed by atoms with Gasteiger partial charge < -0.3 is 9.64 Å². The van der Waals surface area contributed by atoms with Crippen molar-refractivity contribution in [1.82, 2.24) is 20.1 Å². The number of hydrogen-bond donors (Lipinski definition) is 1. The lowest BCUT2D eigenvalue weighted by Gasteiger charge is -2.22. The summed E-state index contributed by atoms with van der Waals surface area (Å²) in [6, 6.07) is 16.8. The molecule has 2 heterocycles. The topological polar surface area (TPSA) is 71.1 Å². The molecule has 1 fully saturated rings. The van der Waals surface area contributed by atoms with E-state index in [1.165, 1.54) is 0 Å². The van der Waals surface area contributed by atoms with Gasteiger partial charge in [-0.1, -0.05) is 24.3 Å². The molecule has 1 aliphatic heterocycles. The first-order chi connectivity index (χ1) is 12.7. The third-order valence-corrected chi connectivity index (χ3v) is 4.49. The second kappa shape index (κ2) is 7.00. The van der Waals surface area contributed by atoms with Crippen molar-refractivity contribution in [3.05, 3.63) is 71.8 Å². The number of aromatic nitrogens is 3. The molecule has 0 unspecified atom stereocenters. The second-order valence-corrected chi connectivity index (χ2v) is 6.38. The monoisotopic (exact) mass is 348 g/mol. The largest absolute Gasteiger partial charge is 0.457 e. The Kier molecular flexibility index (Phi) is 4.39. The number of benzene rings is 2. The summed E-state index contributed by atoms with van der Waals surface area (Å²) in [5.41, 5.74) is 0.609. The molecule has 1 atom stereocenters. The molecule has 1 aromatic heterocycles. The molecule has 1 saturated heterocycles. The second-order valence-electron chi connectivity index (χ2n) is 6.38. The molecule has 2 aromatic carbocycles. The standard InChI is InChI=1S/C20H20N4O2/c1-14-21-19(23-22-14)18-11-6-12-24(18)20(25)15-7-5-10-17(13-15)26-16-8-3-2-4-9-16/h2-5,7-10,13,18H,6,11-12H2,1H3,(H,21,22,23)/t18-/m0/s1. The Hall–Kier alpha value is -3.15. The highest BCUT2D eigenvalue weighted by atomic mass is 16.5. The minimum absolute atomic E-state index is 0.0199. The number of nitrogens with zero attached hydrogens (tertiary/aromatic N) is 3. The predicted octanol–water partition coefficient (Wildman–Crippen LogP) is 3.88. The summed E-state index contributed by atoms with van der Waals surface area (Å²) in [7, 11) is 0. The summed E-state index contributed by atoms with van der Waals surface area (Å²) in [5.74, 6) is 2.81. The van der Waals surface area contributed by atoms with E-state index in [4.69, 9.17) is 4.74 Å². The summed E-state index contributed by atoms with van der Waals surface area (Å²) >= 11 is 0. The Morgan fingerprint density at radius 2 is 1.96 bits per heavy atom. The maximum absolute atomic E-state index is 13.0. The van der Waals surface area contributed by atoms with E-state index >= 15 is 0 Å². The molecule has 0 spiro atoms. The van der Waals surface area contributed by atoms with Gasteiger partial charge in [-0.3, -0.25) is 9.89 Å². The number of H-pyrrole nitrogens is 1. The fraction of sp³-hybridized carbons (Fsp3) is 0.250. The van der Waals surface area contributed by atoms with Crippen molar-refractivity contribution in [2.24, 2.45) is 0 Å². The molecule has 1 amide bonds. The van der Waals surface area contributed by atoms with E-state index in [1.54, 1.807) is 6.07 Å². The van der Waals surface area contributed by atoms with E-state index in [9.17, 15) is 4.79 Å². The van der Waals surface area contributed by atoms with Gasteiger partial charge in [0.1, 0.15) is 17.3 Å². The number of ether oxygens (including phenoxy) is 1. The van der Waals surface area contributed by atoms with Gasteiger partial charge in [-0.15, -0.1) is 0 Å². The maximum Gasteiger partial charge on any atom is 0.254 e. The Bertz CT molecular complexity index is 907. The fourth-order valence-corrected chi connectivity index (χ4v) is 3.27. The molecule has 6 heteroatoms. The molecule has 0 saturated carbocycles. The molecular formula is C20H20N4O2. The highest BCUT2D eigenvalue weighted by Gasteiger charge is 2.33. The third kappa shape index (κ3) is 3.31. The third-order valence-electron chi connectivity index (χ3n) is 4.49. The number of likely N-dealkylation sites (tertiary alicyclic amines) is 1. The van der Waals surface area contributed by atoms with E-state index in [-0.39, 0.29) is 11.9 Å². The van der Waals surface area contributed by atoms with Crippen molar-refractivity contribution in [2.45, 2.75) is 25.8 Å². The summed E-state index contributed by atoms with van der Waals surface area (Å²) in [4.78, 5) is 19.3. The van der Waals surface area contributed by atoms with Gasteiger partial charge in [0.05, 0.1) is 6.04 Å². The summed E-state index contributed by atoms with van der Waals surface area (Å²) in [6.07, 6.45) is 1.83. The first kappa shape index (κ1) is 16.3. The summed E-state index contributed by atoms with van der Waals surface area (Å²) < 4.78 is 5.85. The molecule has 3 aromatic rings. The lowest BCUT2D eigenvalue weighted by Crippen LogP contribution is -2.31. The zero-order valence-corrected chi connectivity index (χ0v) is 14.6. The normalized spacial score (nSPS) is 16.7. The molecule has 0 aliphatic carbocycles. The van der Waals surface area contributed by atoms with E-state index < -0.39 is 0 Å². The zero-order valence-electron chi connectivity index (χ0n) is 14.6. The average Bonchev–Trinajstić information content (AvgIpc) is 3.31. The van der Waals surface area contributed by atoms with Crippen LogP contribution in [0.25, 0.3) is 0 Å². The van der Waals surface area contributed by atoms with Crippen LogP contribution in [0.4, 0.5) is 0 Å². The highest BCUT2D eigenvalue weighted by Crippen LogP contribution is 2.32. The molecule has 132 valence electrons. The number of aryl methyl sites for hydroxylation is 1. The molecule has 0 radical (unpaired) electrons. The zero-order chi connectivity index (χ0) is 17.9. The first-order valence-corrected chi connectivity index (χ1v) is 8.73. The molecule has 0 bridgehead atoms. The molecule has 6 nitrogen and oxygen atoms in total. The van der Waals surface area contributed by atoms with Crippen LogP contribution in [0.3, 0.4) is 0 Å². The Balaban J connectivity index is 1.55. The average molecular weight is 348 g/mol. The van der Waals surface area contributed by atoms with Crippen molar-refractivity contribution < 1.29 is 9.53 Å². The van der Waals surface area contributed by atoms with Gasteiger partial charge in [-0.2, -0.15) is 5.10 Å². The van der Waals surface area contributed by atoms with Crippen molar-refractivity contribution in [1.29, 1.82) is 0 Å². The van der Waals surface area contributed by atoms with Gasteiger partial charge in [0.2, 0.25) is 0 Å². The first-order valence-electron chi connectivity index (χ1n) is 8.73. The number of carbonyl (C=O) groups excluding carboxylic acids is 1. The maximum atomic E-state index is 13.0. The van der Waals surface area contributed by atoms with Crippen LogP contribution in [0.1, 0.15) is 40.9 Å². The van der Waals surface area contributed by atoms with E-state index in [2.05, 4.69) is 15.2 Å². The van der Waals surface area contributed by atoms with Crippen molar-refractivity contribution >= 4 is 5.91 Å². The molecule has 1 N–H and O–H groups in total. The number of carbonyl (C=O) groups is 1. The van der Waals surface area contributed by atoms with Gasteiger partial charge in [0, 0.05) is 12.1 Å². The quantitative estimate of drug-likeness (QED) is 0.777. The van der Waals surface area contributed by atoms with E-state index in [0.717, 1.165) is 24.4 Å². The Morgan fingerprint density at radius 3 is 2.73 bits per heavy atom. The Morgan fingerprint density at radius 1 is 1.15 bits per heavy atom. The molecule has 4 rings (SSSR count). The van der Waals surface area contributed by atoms with Crippen LogP contribution in [0.5, 0.6) is 11.5 Å². The smallest absolute Gasteiger partial charge is 0.254 e. The molecular weight excluding hydrogens is 328 g/mol. The minimum Gasteiger partial charge on any atom is -0.457 e. The number of rotatable bonds is 4. The van der Waals surface area contributed by atoms with Crippen LogP contribution >= 0.6 is 0 Å². The van der Waals surface area contributed by atoms with Gasteiger partial charge in [0.15, 0.2) is 5.82 Å². The van der Waals surface area contributed by atoms with Crippen LogP contribution in [0, 0.1) is 6.92 Å². The lowest BCUT2D eigenvalue weighted by molar-refractivity contribution is 0.0729. The molecule has 1 aliphatic rings. The van der Waals surface area contributed by atoms with Crippen LogP contribution in [-0.4, -0.2) is 32.5 Å². The number of aromatic amines is 1. The van der Waals surface area contributed by atoms with Gasteiger partial charge >= 0.3 is 0 Å². The molecule has 26 heavy (non-hydrogen) atoms. The Labute approximate surface area is 151 Å². The number of hydrogen-bond acceptors (Lipinski definition) is 4. The number of amides is 1. The van der Waals surface area contributed by atoms with Crippen LogP contribution in [-0.2, 0) is 0 Å². The van der Waals surface area contributed by atoms with Crippen molar-refractivity contribution in [3.8, 4) is 11.5 Å². The number of nitrogens with one attached hydrogen (secondary N) is 1. The lowest BCUT2D eigenvalue weighted by atomic mass is 10.1. The van der Waals surface area contributed by atoms with Gasteiger partial charge in [0.25, 0.3) is 5.91 Å². The van der Waals surface area contributed by atoms with Crippen LogP contribution in [0.15, 0.2) is 54.6 Å². The van der Waals surface area contributed by atoms with E-state index in [0.29, 0.717) is 23.7 Å².